The number of anilines is 2. The molecule has 2 heterocycles. The molecule has 4 aromatic rings. The molecule has 2 aromatic heterocycles. The van der Waals surface area contributed by atoms with Crippen LogP contribution in [0.2, 0.25) is 0 Å². The minimum atomic E-state index is -0.682. The number of carbonyl (C=O) groups excluding carboxylic acids is 1. The van der Waals surface area contributed by atoms with Gasteiger partial charge in [-0.3, -0.25) is 23.7 Å². The van der Waals surface area contributed by atoms with Crippen LogP contribution in [0.1, 0.15) is 32.2 Å². The van der Waals surface area contributed by atoms with Gasteiger partial charge in [0.15, 0.2) is 0 Å². The average Bonchev–Trinajstić information content (AvgIpc) is 3.52. The molecule has 5 rings (SSSR count). The van der Waals surface area contributed by atoms with Gasteiger partial charge in [-0.15, -0.1) is 0 Å². The first-order chi connectivity index (χ1) is 14.5. The third kappa shape index (κ3) is 2.79. The van der Waals surface area contributed by atoms with Crippen molar-refractivity contribution in [1.29, 1.82) is 0 Å². The number of pyridine rings is 1. The Bertz CT molecular complexity index is 1420. The molecule has 0 spiro atoms. The fourth-order valence-electron chi connectivity index (χ4n) is 3.86. The van der Waals surface area contributed by atoms with Crippen molar-refractivity contribution in [3.05, 3.63) is 68.9 Å². The number of aromatic nitrogens is 2. The maximum absolute atomic E-state index is 15.3. The zero-order valence-corrected chi connectivity index (χ0v) is 17.0. The molecule has 152 valence electrons. The van der Waals surface area contributed by atoms with E-state index in [1.807, 2.05) is 10.6 Å². The number of nitrogens with one attached hydrogen (secondary N) is 1. The molecule has 0 aliphatic heterocycles. The summed E-state index contributed by atoms with van der Waals surface area (Å²) in [5.74, 6) is -0.939. The van der Waals surface area contributed by atoms with Gasteiger partial charge < -0.3 is 4.57 Å². The number of nitrogens with zero attached hydrogens (tertiary/aromatic N) is 2. The molecular formula is C22H18FN3O3S. The lowest BCUT2D eigenvalue weighted by atomic mass is 10.1. The molecule has 1 amide bonds. The van der Waals surface area contributed by atoms with Gasteiger partial charge in [0.25, 0.3) is 5.56 Å². The molecule has 1 fully saturated rings. The van der Waals surface area contributed by atoms with E-state index >= 15 is 4.39 Å². The Morgan fingerprint density at radius 3 is 2.63 bits per heavy atom. The number of benzene rings is 2. The van der Waals surface area contributed by atoms with E-state index in [-0.39, 0.29) is 34.8 Å². The normalized spacial score (nSPS) is 13.8. The molecular weight excluding hydrogens is 405 g/mol. The number of aromatic amines is 1. The first kappa shape index (κ1) is 18.7. The number of para-hydroxylation sites is 1. The van der Waals surface area contributed by atoms with Crippen LogP contribution >= 0.6 is 11.5 Å². The number of rotatable bonds is 4. The highest BCUT2D eigenvalue weighted by Crippen LogP contribution is 2.41. The second-order valence-corrected chi connectivity index (χ2v) is 8.18. The Labute approximate surface area is 174 Å². The first-order valence-electron chi connectivity index (χ1n) is 9.78. The van der Waals surface area contributed by atoms with Crippen molar-refractivity contribution in [3.63, 3.8) is 0 Å². The van der Waals surface area contributed by atoms with E-state index in [1.165, 1.54) is 4.90 Å². The smallest absolute Gasteiger partial charge is 0.271 e. The van der Waals surface area contributed by atoms with Gasteiger partial charge in [0, 0.05) is 23.5 Å². The van der Waals surface area contributed by atoms with Crippen LogP contribution in [0.25, 0.3) is 21.1 Å². The lowest BCUT2D eigenvalue weighted by Gasteiger charge is -2.24. The monoisotopic (exact) mass is 423 g/mol. The first-order valence-corrected chi connectivity index (χ1v) is 10.6. The summed E-state index contributed by atoms with van der Waals surface area (Å²) < 4.78 is 19.9. The van der Waals surface area contributed by atoms with Crippen LogP contribution < -0.4 is 15.9 Å². The Morgan fingerprint density at radius 1 is 1.23 bits per heavy atom. The lowest BCUT2D eigenvalue weighted by molar-refractivity contribution is -0.117. The Morgan fingerprint density at radius 2 is 1.97 bits per heavy atom. The van der Waals surface area contributed by atoms with Gasteiger partial charge in [-0.05, 0) is 48.6 Å². The van der Waals surface area contributed by atoms with Crippen LogP contribution in [0.3, 0.4) is 0 Å². The Kier molecular flexibility index (Phi) is 4.32. The number of H-pyrrole nitrogens is 1. The number of amides is 1. The van der Waals surface area contributed by atoms with Crippen LogP contribution in [0, 0.1) is 5.82 Å². The van der Waals surface area contributed by atoms with Gasteiger partial charge in [-0.2, -0.15) is 0 Å². The van der Waals surface area contributed by atoms with E-state index in [1.54, 1.807) is 37.3 Å². The molecule has 2 aromatic carbocycles. The molecule has 0 radical (unpaired) electrons. The maximum Gasteiger partial charge on any atom is 0.271 e. The van der Waals surface area contributed by atoms with Gasteiger partial charge in [0.05, 0.1) is 11.2 Å². The zero-order chi connectivity index (χ0) is 21.0. The van der Waals surface area contributed by atoms with Crippen LogP contribution in [0.15, 0.2) is 52.1 Å². The molecule has 6 nitrogen and oxygen atoms in total. The lowest BCUT2D eigenvalue weighted by Crippen LogP contribution is -2.26. The molecule has 0 bridgehead atoms. The van der Waals surface area contributed by atoms with Crippen LogP contribution in [-0.2, 0) is 4.79 Å². The third-order valence-corrected chi connectivity index (χ3v) is 6.30. The fourth-order valence-corrected chi connectivity index (χ4v) is 4.78. The Hall–Kier alpha value is -3.26. The Balaban J connectivity index is 1.86. The zero-order valence-electron chi connectivity index (χ0n) is 16.1. The van der Waals surface area contributed by atoms with Gasteiger partial charge in [0.2, 0.25) is 11.3 Å². The number of hydrogen-bond donors (Lipinski definition) is 1. The van der Waals surface area contributed by atoms with Crippen LogP contribution in [0.4, 0.5) is 15.8 Å². The summed E-state index contributed by atoms with van der Waals surface area (Å²) in [6.07, 6.45) is 2.03. The molecule has 0 unspecified atom stereocenters. The van der Waals surface area contributed by atoms with Gasteiger partial charge in [-0.25, -0.2) is 4.39 Å². The van der Waals surface area contributed by atoms with E-state index in [2.05, 4.69) is 4.37 Å². The standard InChI is InChI=1S/C22H18FN3O3S/c1-2-18(27)25(12-6-4-3-5-7-12)17-11-16-14(10-15(17)23)20(28)19-21(29)24-30-22(19)26(16)13-8-9-13/h3-7,10-11,13H,2,8-9H2,1H3,(H,24,29). The highest BCUT2D eigenvalue weighted by atomic mass is 32.1. The predicted molar refractivity (Wildman–Crippen MR) is 116 cm³/mol. The quantitative estimate of drug-likeness (QED) is 0.527. The molecule has 0 atom stereocenters. The largest absolute Gasteiger partial charge is 0.327 e. The SMILES string of the molecule is CCC(=O)N(c1ccccc1)c1cc2c(cc1F)c(=O)c1c(=O)[nH]sc1n2C1CC1. The summed E-state index contributed by atoms with van der Waals surface area (Å²) in [6, 6.07) is 11.7. The summed E-state index contributed by atoms with van der Waals surface area (Å²) in [5, 5.41) is 0.215. The number of carbonyl (C=O) groups is 1. The van der Waals surface area contributed by atoms with Gasteiger partial charge in [0.1, 0.15) is 16.0 Å². The predicted octanol–water partition coefficient (Wildman–Crippen LogP) is 4.45. The minimum absolute atomic E-state index is 0.0658. The summed E-state index contributed by atoms with van der Waals surface area (Å²) in [5.41, 5.74) is 0.240. The van der Waals surface area contributed by atoms with E-state index in [0.29, 0.717) is 16.0 Å². The van der Waals surface area contributed by atoms with Gasteiger partial charge >= 0.3 is 0 Å². The molecule has 1 aliphatic carbocycles. The second kappa shape index (κ2) is 6.91. The molecule has 1 saturated carbocycles. The summed E-state index contributed by atoms with van der Waals surface area (Å²) in [6.45, 7) is 1.72. The topological polar surface area (TPSA) is 75.2 Å². The van der Waals surface area contributed by atoms with Crippen molar-refractivity contribution in [2.45, 2.75) is 32.2 Å². The number of halogens is 1. The maximum atomic E-state index is 15.3. The van der Waals surface area contributed by atoms with E-state index in [0.717, 1.165) is 30.4 Å². The molecule has 0 saturated heterocycles. The van der Waals surface area contributed by atoms with Crippen molar-refractivity contribution < 1.29 is 9.18 Å². The van der Waals surface area contributed by atoms with Crippen molar-refractivity contribution in [1.82, 2.24) is 8.94 Å². The summed E-state index contributed by atoms with van der Waals surface area (Å²) in [4.78, 5) is 39.9. The molecule has 1 N–H and O–H groups in total. The van der Waals surface area contributed by atoms with Crippen LogP contribution in [-0.4, -0.2) is 14.8 Å². The highest BCUT2D eigenvalue weighted by Gasteiger charge is 2.30. The third-order valence-electron chi connectivity index (χ3n) is 5.42. The van der Waals surface area contributed by atoms with Crippen molar-refractivity contribution >= 4 is 49.9 Å². The van der Waals surface area contributed by atoms with Crippen molar-refractivity contribution in [2.24, 2.45) is 0 Å². The van der Waals surface area contributed by atoms with Crippen molar-refractivity contribution in [2.75, 3.05) is 4.90 Å². The highest BCUT2D eigenvalue weighted by molar-refractivity contribution is 7.12. The second-order valence-electron chi connectivity index (χ2n) is 7.38. The summed E-state index contributed by atoms with van der Waals surface area (Å²) in [7, 11) is 0. The minimum Gasteiger partial charge on any atom is -0.327 e. The number of fused-ring (bicyclic) bond motifs is 2. The van der Waals surface area contributed by atoms with Gasteiger partial charge in [-0.1, -0.05) is 25.1 Å². The van der Waals surface area contributed by atoms with E-state index < -0.39 is 16.8 Å². The molecule has 8 heteroatoms. The number of hydrogen-bond acceptors (Lipinski definition) is 4. The van der Waals surface area contributed by atoms with E-state index in [9.17, 15) is 14.4 Å². The van der Waals surface area contributed by atoms with Crippen molar-refractivity contribution in [3.8, 4) is 0 Å². The molecule has 1 aliphatic rings. The average molecular weight is 423 g/mol. The van der Waals surface area contributed by atoms with E-state index in [4.69, 9.17) is 0 Å². The summed E-state index contributed by atoms with van der Waals surface area (Å²) >= 11 is 1.11. The van der Waals surface area contributed by atoms with Crippen LogP contribution in [0.5, 0.6) is 0 Å². The fraction of sp³-hybridized carbons (Fsp3) is 0.227. The molecule has 30 heavy (non-hydrogen) atoms.